The molecule has 4 rings (SSSR count). The molecule has 0 N–H and O–H groups in total. The van der Waals surface area contributed by atoms with Crippen molar-refractivity contribution in [1.82, 2.24) is 0 Å². The van der Waals surface area contributed by atoms with Crippen LogP contribution in [0.5, 0.6) is 5.75 Å². The van der Waals surface area contributed by atoms with Crippen LogP contribution < -0.4 is 4.74 Å². The van der Waals surface area contributed by atoms with E-state index in [4.69, 9.17) is 9.47 Å². The van der Waals surface area contributed by atoms with Gasteiger partial charge >= 0.3 is 5.97 Å². The molecule has 3 unspecified atom stereocenters. The Balaban J connectivity index is 1.60. The molecule has 0 spiro atoms. The van der Waals surface area contributed by atoms with Crippen LogP contribution in [0.3, 0.4) is 0 Å². The summed E-state index contributed by atoms with van der Waals surface area (Å²) in [4.78, 5) is 11.4. The van der Waals surface area contributed by atoms with E-state index in [-0.39, 0.29) is 12.1 Å². The number of esters is 1. The third-order valence-electron chi connectivity index (χ3n) is 7.00. The summed E-state index contributed by atoms with van der Waals surface area (Å²) in [5.74, 6) is 2.96. The van der Waals surface area contributed by atoms with Crippen LogP contribution in [0.25, 0.3) is 0 Å². The summed E-state index contributed by atoms with van der Waals surface area (Å²) >= 11 is 0. The molecule has 5 atom stereocenters. The van der Waals surface area contributed by atoms with E-state index in [1.165, 1.54) is 31.7 Å². The van der Waals surface area contributed by atoms with Crippen molar-refractivity contribution < 1.29 is 14.3 Å². The number of aryl methyl sites for hydroxylation is 1. The number of carbonyl (C=O) groups is 1. The highest BCUT2D eigenvalue weighted by Crippen LogP contribution is 2.61. The van der Waals surface area contributed by atoms with Gasteiger partial charge in [0.25, 0.3) is 0 Å². The number of carbonyl (C=O) groups excluding carboxylic acids is 1. The monoisotopic (exact) mass is 328 g/mol. The van der Waals surface area contributed by atoms with Gasteiger partial charge in [-0.15, -0.1) is 0 Å². The first-order valence-electron chi connectivity index (χ1n) is 9.34. The van der Waals surface area contributed by atoms with Crippen molar-refractivity contribution in [2.75, 3.05) is 7.11 Å². The van der Waals surface area contributed by atoms with Crippen molar-refractivity contribution in [1.29, 1.82) is 0 Å². The van der Waals surface area contributed by atoms with Crippen molar-refractivity contribution in [3.63, 3.8) is 0 Å². The van der Waals surface area contributed by atoms with Gasteiger partial charge < -0.3 is 9.47 Å². The van der Waals surface area contributed by atoms with Crippen LogP contribution in [0.2, 0.25) is 0 Å². The molecule has 0 aromatic heterocycles. The van der Waals surface area contributed by atoms with Crippen LogP contribution in [0.15, 0.2) is 18.2 Å². The van der Waals surface area contributed by atoms with Crippen molar-refractivity contribution in [3.8, 4) is 5.75 Å². The lowest BCUT2D eigenvalue weighted by atomic mass is 9.56. The van der Waals surface area contributed by atoms with E-state index in [2.05, 4.69) is 25.1 Å². The van der Waals surface area contributed by atoms with Gasteiger partial charge in [0.05, 0.1) is 7.11 Å². The van der Waals surface area contributed by atoms with Gasteiger partial charge in [0, 0.05) is 6.92 Å². The van der Waals surface area contributed by atoms with Crippen molar-refractivity contribution >= 4 is 5.97 Å². The van der Waals surface area contributed by atoms with Crippen molar-refractivity contribution in [3.05, 3.63) is 29.3 Å². The lowest BCUT2D eigenvalue weighted by Gasteiger charge is -2.49. The lowest BCUT2D eigenvalue weighted by molar-refractivity contribution is -0.146. The van der Waals surface area contributed by atoms with Crippen molar-refractivity contribution in [2.45, 2.75) is 64.4 Å². The van der Waals surface area contributed by atoms with Crippen LogP contribution in [-0.4, -0.2) is 19.2 Å². The Morgan fingerprint density at radius 1 is 1.29 bits per heavy atom. The predicted octanol–water partition coefficient (Wildman–Crippen LogP) is 4.48. The second-order valence-corrected chi connectivity index (χ2v) is 8.34. The molecule has 130 valence electrons. The molecule has 24 heavy (non-hydrogen) atoms. The summed E-state index contributed by atoms with van der Waals surface area (Å²) in [6.07, 6.45) is 7.18. The molecule has 0 heterocycles. The van der Waals surface area contributed by atoms with Gasteiger partial charge in [-0.1, -0.05) is 13.0 Å². The Hall–Kier alpha value is -1.51. The molecule has 0 saturated heterocycles. The van der Waals surface area contributed by atoms with E-state index >= 15 is 0 Å². The molecule has 3 aliphatic rings. The summed E-state index contributed by atoms with van der Waals surface area (Å²) in [5.41, 5.74) is 3.38. The highest BCUT2D eigenvalue weighted by Gasteiger charge is 2.53. The zero-order chi connectivity index (χ0) is 16.9. The van der Waals surface area contributed by atoms with Crippen LogP contribution in [0, 0.1) is 17.3 Å². The third-order valence-corrected chi connectivity index (χ3v) is 7.00. The smallest absolute Gasteiger partial charge is 0.302 e. The second-order valence-electron chi connectivity index (χ2n) is 8.34. The normalized spacial score (nSPS) is 37.1. The minimum absolute atomic E-state index is 0.125. The van der Waals surface area contributed by atoms with Crippen LogP contribution in [0.1, 0.15) is 63.0 Å². The fourth-order valence-electron chi connectivity index (χ4n) is 6.00. The Morgan fingerprint density at radius 2 is 2.12 bits per heavy atom. The number of methoxy groups -OCH3 is 1. The summed E-state index contributed by atoms with van der Waals surface area (Å²) in [7, 11) is 1.74. The summed E-state index contributed by atoms with van der Waals surface area (Å²) in [6, 6.07) is 6.65. The Kier molecular flexibility index (Phi) is 3.85. The average molecular weight is 328 g/mol. The first-order valence-corrected chi connectivity index (χ1v) is 9.34. The molecule has 0 aliphatic heterocycles. The third kappa shape index (κ3) is 2.53. The van der Waals surface area contributed by atoms with Crippen LogP contribution >= 0.6 is 0 Å². The Bertz CT molecular complexity index is 652. The standard InChI is InChI=1S/C21H28O3/c1-13(22)24-16-11-20-19-6-4-14-10-15(23-3)5-7-17(14)18(19)8-9-21(20,2)12-16/h5,7,10,16,18-20H,4,6,8-9,11-12H2,1-3H3/t16-,18?,19?,20?,21-/m1/s1. The molecule has 2 saturated carbocycles. The highest BCUT2D eigenvalue weighted by molar-refractivity contribution is 5.66. The first kappa shape index (κ1) is 16.0. The van der Waals surface area contributed by atoms with Gasteiger partial charge in [0.1, 0.15) is 11.9 Å². The average Bonchev–Trinajstić information content (AvgIpc) is 2.89. The van der Waals surface area contributed by atoms with E-state index in [1.54, 1.807) is 12.7 Å². The van der Waals surface area contributed by atoms with Crippen molar-refractivity contribution in [2.24, 2.45) is 17.3 Å². The maximum Gasteiger partial charge on any atom is 0.302 e. The van der Waals surface area contributed by atoms with E-state index in [1.807, 2.05) is 0 Å². The van der Waals surface area contributed by atoms with E-state index in [0.29, 0.717) is 17.3 Å². The predicted molar refractivity (Wildman–Crippen MR) is 93.2 cm³/mol. The van der Waals surface area contributed by atoms with Crippen LogP contribution in [0.4, 0.5) is 0 Å². The number of benzene rings is 1. The first-order chi connectivity index (χ1) is 11.5. The minimum Gasteiger partial charge on any atom is -0.497 e. The van der Waals surface area contributed by atoms with Gasteiger partial charge in [0.2, 0.25) is 0 Å². The van der Waals surface area contributed by atoms with E-state index in [9.17, 15) is 4.79 Å². The second kappa shape index (κ2) is 5.79. The topological polar surface area (TPSA) is 35.5 Å². The molecular weight excluding hydrogens is 300 g/mol. The lowest BCUT2D eigenvalue weighted by Crippen LogP contribution is -2.39. The molecule has 3 heteroatoms. The largest absolute Gasteiger partial charge is 0.497 e. The summed E-state index contributed by atoms with van der Waals surface area (Å²) in [6.45, 7) is 3.97. The summed E-state index contributed by atoms with van der Waals surface area (Å²) < 4.78 is 11.0. The number of rotatable bonds is 2. The van der Waals surface area contributed by atoms with Gasteiger partial charge in [-0.25, -0.2) is 0 Å². The molecule has 3 aliphatic carbocycles. The van der Waals surface area contributed by atoms with Gasteiger partial charge in [-0.2, -0.15) is 0 Å². The number of fused-ring (bicyclic) bond motifs is 5. The minimum atomic E-state index is -0.125. The van der Waals surface area contributed by atoms with Gasteiger partial charge in [0.15, 0.2) is 0 Å². The van der Waals surface area contributed by atoms with E-state index in [0.717, 1.165) is 30.9 Å². The summed E-state index contributed by atoms with van der Waals surface area (Å²) in [5, 5.41) is 0. The maximum absolute atomic E-state index is 11.4. The number of hydrogen-bond donors (Lipinski definition) is 0. The molecule has 1 aromatic rings. The van der Waals surface area contributed by atoms with Gasteiger partial charge in [-0.3, -0.25) is 4.79 Å². The maximum atomic E-state index is 11.4. The molecule has 2 fully saturated rings. The molecule has 0 radical (unpaired) electrons. The zero-order valence-electron chi connectivity index (χ0n) is 15.0. The number of hydrogen-bond acceptors (Lipinski definition) is 3. The Morgan fingerprint density at radius 3 is 2.88 bits per heavy atom. The molecule has 0 bridgehead atoms. The quantitative estimate of drug-likeness (QED) is 0.751. The molecular formula is C21H28O3. The highest BCUT2D eigenvalue weighted by atomic mass is 16.5. The van der Waals surface area contributed by atoms with E-state index < -0.39 is 0 Å². The fraction of sp³-hybridized carbons (Fsp3) is 0.667. The van der Waals surface area contributed by atoms with Crippen LogP contribution in [-0.2, 0) is 16.0 Å². The SMILES string of the molecule is COc1ccc2c(c1)CCC1C2CC[C@]2(C)C[C@H](OC(C)=O)CC12. The molecule has 3 nitrogen and oxygen atoms in total. The molecule has 0 amide bonds. The van der Waals surface area contributed by atoms with Gasteiger partial charge in [-0.05, 0) is 85.0 Å². The fourth-order valence-corrected chi connectivity index (χ4v) is 6.00. The number of ether oxygens (including phenoxy) is 2. The molecule has 1 aromatic carbocycles. The Labute approximate surface area is 144 Å². The zero-order valence-corrected chi connectivity index (χ0v) is 15.0.